The Labute approximate surface area is 148 Å². The summed E-state index contributed by atoms with van der Waals surface area (Å²) in [7, 11) is -2.16. The molecule has 1 aliphatic heterocycles. The van der Waals surface area contributed by atoms with Gasteiger partial charge in [0.2, 0.25) is 10.0 Å². The number of nitrogens with zero attached hydrogens (tertiary/aromatic N) is 2. The van der Waals surface area contributed by atoms with Crippen LogP contribution in [-0.2, 0) is 14.8 Å². The average molecular weight is 368 g/mol. The van der Waals surface area contributed by atoms with E-state index in [-0.39, 0.29) is 10.5 Å². The number of rotatable bonds is 5. The maximum atomic E-state index is 12.7. The lowest BCUT2D eigenvalue weighted by Gasteiger charge is -2.29. The molecule has 1 N–H and O–H groups in total. The van der Waals surface area contributed by atoms with Gasteiger partial charge < -0.3 is 10.0 Å². The lowest BCUT2D eigenvalue weighted by Crippen LogP contribution is -2.40. The fraction of sp³-hybridized carbons (Fsp3) is 0.529. The molecule has 1 aliphatic rings. The smallest absolute Gasteiger partial charge is 0.326 e. The van der Waals surface area contributed by atoms with E-state index in [0.29, 0.717) is 19.0 Å². The topological polar surface area (TPSA) is 95.0 Å². The second kappa shape index (κ2) is 7.53. The number of sulfonamides is 1. The number of carbonyl (C=O) groups is 2. The Morgan fingerprint density at radius 2 is 1.72 bits per heavy atom. The minimum absolute atomic E-state index is 0.146. The standard InChI is InChI=1S/C17H24N2O5S/c1-12-8-10-19(11-9-12)25(23,24)15-6-4-14(5-7-15)16(20)18(3)13(2)17(21)22/h4-7,12-13H,8-11H2,1-3H3,(H,21,22). The number of piperidine rings is 1. The molecule has 1 fully saturated rings. The molecule has 0 aliphatic carbocycles. The lowest BCUT2D eigenvalue weighted by atomic mass is 10.0. The summed E-state index contributed by atoms with van der Waals surface area (Å²) in [5.41, 5.74) is 0.252. The fourth-order valence-electron chi connectivity index (χ4n) is 2.69. The van der Waals surface area contributed by atoms with Crippen molar-refractivity contribution in [2.24, 2.45) is 5.92 Å². The summed E-state index contributed by atoms with van der Waals surface area (Å²) in [6.45, 7) is 4.53. The zero-order valence-corrected chi connectivity index (χ0v) is 15.5. The van der Waals surface area contributed by atoms with Crippen molar-refractivity contribution in [3.05, 3.63) is 29.8 Å². The molecule has 1 aromatic rings. The SMILES string of the molecule is CC1CCN(S(=O)(=O)c2ccc(C(=O)N(C)C(C)C(=O)O)cc2)CC1. The van der Waals surface area contributed by atoms with Gasteiger partial charge in [-0.25, -0.2) is 13.2 Å². The molecule has 1 heterocycles. The van der Waals surface area contributed by atoms with Gasteiger partial charge >= 0.3 is 5.97 Å². The van der Waals surface area contributed by atoms with E-state index in [9.17, 15) is 18.0 Å². The van der Waals surface area contributed by atoms with Gasteiger partial charge in [-0.1, -0.05) is 6.92 Å². The zero-order chi connectivity index (χ0) is 18.8. The Bertz CT molecular complexity index is 737. The summed E-state index contributed by atoms with van der Waals surface area (Å²) in [5, 5.41) is 8.98. The van der Waals surface area contributed by atoms with E-state index < -0.39 is 27.9 Å². The third-order valence-electron chi connectivity index (χ3n) is 4.74. The van der Waals surface area contributed by atoms with Gasteiger partial charge in [-0.3, -0.25) is 4.79 Å². The Hall–Kier alpha value is -1.93. The summed E-state index contributed by atoms with van der Waals surface area (Å²) in [6.07, 6.45) is 1.68. The molecular weight excluding hydrogens is 344 g/mol. The van der Waals surface area contributed by atoms with Crippen molar-refractivity contribution < 1.29 is 23.1 Å². The van der Waals surface area contributed by atoms with Crippen molar-refractivity contribution in [2.45, 2.75) is 37.6 Å². The van der Waals surface area contributed by atoms with E-state index in [1.807, 2.05) is 0 Å². The van der Waals surface area contributed by atoms with Crippen molar-refractivity contribution in [3.8, 4) is 0 Å². The number of carboxylic acids is 1. The van der Waals surface area contributed by atoms with Crippen LogP contribution in [0.25, 0.3) is 0 Å². The molecule has 1 unspecified atom stereocenters. The highest BCUT2D eigenvalue weighted by Gasteiger charge is 2.28. The molecule has 25 heavy (non-hydrogen) atoms. The predicted molar refractivity (Wildman–Crippen MR) is 92.8 cm³/mol. The third-order valence-corrected chi connectivity index (χ3v) is 6.65. The van der Waals surface area contributed by atoms with Gasteiger partial charge in [0.1, 0.15) is 6.04 Å². The summed E-state index contributed by atoms with van der Waals surface area (Å²) < 4.78 is 26.8. The maximum absolute atomic E-state index is 12.7. The van der Waals surface area contributed by atoms with Crippen LogP contribution in [-0.4, -0.2) is 60.8 Å². The van der Waals surface area contributed by atoms with Gasteiger partial charge in [-0.15, -0.1) is 0 Å². The molecule has 0 radical (unpaired) electrons. The molecule has 138 valence electrons. The second-order valence-electron chi connectivity index (χ2n) is 6.54. The highest BCUT2D eigenvalue weighted by Crippen LogP contribution is 2.23. The summed E-state index contributed by atoms with van der Waals surface area (Å²) >= 11 is 0. The van der Waals surface area contributed by atoms with Gasteiger partial charge in [0.25, 0.3) is 5.91 Å². The maximum Gasteiger partial charge on any atom is 0.326 e. The molecule has 0 saturated carbocycles. The van der Waals surface area contributed by atoms with Crippen molar-refractivity contribution in [2.75, 3.05) is 20.1 Å². The first-order valence-corrected chi connectivity index (χ1v) is 9.68. The van der Waals surface area contributed by atoms with Crippen LogP contribution < -0.4 is 0 Å². The number of amides is 1. The van der Waals surface area contributed by atoms with E-state index >= 15 is 0 Å². The Morgan fingerprint density at radius 1 is 1.20 bits per heavy atom. The van der Waals surface area contributed by atoms with E-state index in [0.717, 1.165) is 17.7 Å². The first kappa shape index (κ1) is 19.4. The molecule has 0 bridgehead atoms. The molecule has 1 atom stereocenters. The highest BCUT2D eigenvalue weighted by molar-refractivity contribution is 7.89. The van der Waals surface area contributed by atoms with Gasteiger partial charge in [0.05, 0.1) is 4.90 Å². The summed E-state index contributed by atoms with van der Waals surface area (Å²) in [4.78, 5) is 24.5. The summed E-state index contributed by atoms with van der Waals surface area (Å²) in [6, 6.07) is 4.69. The molecule has 7 nitrogen and oxygen atoms in total. The van der Waals surface area contributed by atoms with Crippen LogP contribution in [0.1, 0.15) is 37.0 Å². The quantitative estimate of drug-likeness (QED) is 0.853. The number of carbonyl (C=O) groups excluding carboxylic acids is 1. The fourth-order valence-corrected chi connectivity index (χ4v) is 4.16. The Kier molecular flexibility index (Phi) is 5.84. The van der Waals surface area contributed by atoms with Gasteiger partial charge in [-0.2, -0.15) is 4.31 Å². The number of hydrogen-bond acceptors (Lipinski definition) is 4. The van der Waals surface area contributed by atoms with Gasteiger partial charge in [-0.05, 0) is 49.9 Å². The number of likely N-dealkylation sites (N-methyl/N-ethyl adjacent to an activating group) is 1. The minimum Gasteiger partial charge on any atom is -0.480 e. The third kappa shape index (κ3) is 4.19. The number of aliphatic carboxylic acids is 1. The van der Waals surface area contributed by atoms with Crippen LogP contribution >= 0.6 is 0 Å². The lowest BCUT2D eigenvalue weighted by molar-refractivity contribution is -0.141. The van der Waals surface area contributed by atoms with E-state index in [1.54, 1.807) is 0 Å². The molecule has 0 spiro atoms. The monoisotopic (exact) mass is 368 g/mol. The Morgan fingerprint density at radius 3 is 2.20 bits per heavy atom. The normalized spacial score (nSPS) is 17.9. The highest BCUT2D eigenvalue weighted by atomic mass is 32.2. The van der Waals surface area contributed by atoms with Gasteiger partial charge in [0, 0.05) is 25.7 Å². The van der Waals surface area contributed by atoms with Crippen molar-refractivity contribution in [3.63, 3.8) is 0 Å². The van der Waals surface area contributed by atoms with E-state index in [1.165, 1.54) is 42.5 Å². The first-order valence-electron chi connectivity index (χ1n) is 8.24. The largest absolute Gasteiger partial charge is 0.480 e. The molecule has 1 amide bonds. The van der Waals surface area contributed by atoms with Crippen LogP contribution in [0.2, 0.25) is 0 Å². The number of carboxylic acid groups (broad SMARTS) is 1. The second-order valence-corrected chi connectivity index (χ2v) is 8.48. The van der Waals surface area contributed by atoms with Crippen LogP contribution in [0.4, 0.5) is 0 Å². The van der Waals surface area contributed by atoms with Crippen molar-refractivity contribution >= 4 is 21.9 Å². The molecule has 1 saturated heterocycles. The summed E-state index contributed by atoms with van der Waals surface area (Å²) in [5.74, 6) is -1.04. The number of hydrogen-bond donors (Lipinski definition) is 1. The molecular formula is C17H24N2O5S. The Balaban J connectivity index is 2.16. The average Bonchev–Trinajstić information content (AvgIpc) is 2.60. The first-order chi connectivity index (χ1) is 11.6. The molecule has 1 aromatic carbocycles. The van der Waals surface area contributed by atoms with Crippen molar-refractivity contribution in [1.29, 1.82) is 0 Å². The van der Waals surface area contributed by atoms with Crippen LogP contribution in [0, 0.1) is 5.92 Å². The molecule has 8 heteroatoms. The van der Waals surface area contributed by atoms with E-state index in [2.05, 4.69) is 6.92 Å². The van der Waals surface area contributed by atoms with Crippen LogP contribution in [0.15, 0.2) is 29.2 Å². The van der Waals surface area contributed by atoms with Crippen LogP contribution in [0.3, 0.4) is 0 Å². The van der Waals surface area contributed by atoms with Crippen molar-refractivity contribution in [1.82, 2.24) is 9.21 Å². The predicted octanol–water partition coefficient (Wildman–Crippen LogP) is 1.65. The minimum atomic E-state index is -3.56. The molecule has 0 aromatic heterocycles. The van der Waals surface area contributed by atoms with Crippen LogP contribution in [0.5, 0.6) is 0 Å². The zero-order valence-electron chi connectivity index (χ0n) is 14.7. The molecule has 2 rings (SSSR count). The van der Waals surface area contributed by atoms with E-state index in [4.69, 9.17) is 5.11 Å². The number of benzene rings is 1. The van der Waals surface area contributed by atoms with Gasteiger partial charge in [0.15, 0.2) is 0 Å².